The van der Waals surface area contributed by atoms with Crippen molar-refractivity contribution in [1.82, 2.24) is 10.2 Å². The number of hydrogen-bond donors (Lipinski definition) is 1. The minimum atomic E-state index is 0.500. The van der Waals surface area contributed by atoms with E-state index in [0.717, 1.165) is 13.1 Å². The molecule has 1 N–H and O–H groups in total. The van der Waals surface area contributed by atoms with Crippen molar-refractivity contribution < 1.29 is 0 Å². The van der Waals surface area contributed by atoms with Gasteiger partial charge in [-0.1, -0.05) is 35.0 Å². The lowest BCUT2D eigenvalue weighted by atomic mass is 10.0. The molecule has 1 aromatic carbocycles. The molecule has 0 amide bonds. The third-order valence-electron chi connectivity index (χ3n) is 3.54. The predicted octanol–water partition coefficient (Wildman–Crippen LogP) is 3.19. The molecule has 0 bridgehead atoms. The largest absolute Gasteiger partial charge is 0.314 e. The van der Waals surface area contributed by atoms with E-state index < -0.39 is 0 Å². The molecule has 1 unspecified atom stereocenters. The van der Waals surface area contributed by atoms with Gasteiger partial charge in [-0.15, -0.1) is 0 Å². The van der Waals surface area contributed by atoms with Crippen LogP contribution < -0.4 is 5.32 Å². The summed E-state index contributed by atoms with van der Waals surface area (Å²) >= 11 is 3.56. The molecule has 17 heavy (non-hydrogen) atoms. The van der Waals surface area contributed by atoms with Crippen molar-refractivity contribution in [3.05, 3.63) is 34.3 Å². The zero-order chi connectivity index (χ0) is 12.3. The first-order valence-corrected chi connectivity index (χ1v) is 7.23. The van der Waals surface area contributed by atoms with Gasteiger partial charge in [0.25, 0.3) is 0 Å². The second-order valence-electron chi connectivity index (χ2n) is 4.78. The van der Waals surface area contributed by atoms with Crippen LogP contribution in [0.3, 0.4) is 0 Å². The predicted molar refractivity (Wildman–Crippen MR) is 76.2 cm³/mol. The van der Waals surface area contributed by atoms with Crippen LogP contribution in [0.5, 0.6) is 0 Å². The van der Waals surface area contributed by atoms with Crippen molar-refractivity contribution in [2.24, 2.45) is 0 Å². The Hall–Kier alpha value is -0.380. The normalized spacial score (nSPS) is 18.1. The molecular formula is C14H21BrN2. The van der Waals surface area contributed by atoms with Crippen LogP contribution in [0.2, 0.25) is 0 Å². The number of nitrogens with zero attached hydrogens (tertiary/aromatic N) is 1. The Balaban J connectivity index is 2.11. The molecule has 0 aliphatic carbocycles. The highest BCUT2D eigenvalue weighted by Crippen LogP contribution is 2.26. The molecule has 1 aromatic rings. The zero-order valence-electron chi connectivity index (χ0n) is 10.6. The summed E-state index contributed by atoms with van der Waals surface area (Å²) in [4.78, 5) is 2.62. The summed E-state index contributed by atoms with van der Waals surface area (Å²) in [5.41, 5.74) is 1.40. The first-order valence-electron chi connectivity index (χ1n) is 6.44. The van der Waals surface area contributed by atoms with Gasteiger partial charge >= 0.3 is 0 Å². The molecule has 2 rings (SSSR count). The molecule has 0 saturated carbocycles. The minimum absolute atomic E-state index is 0.500. The highest BCUT2D eigenvalue weighted by Gasteiger charge is 2.28. The number of benzene rings is 1. The Bertz CT molecular complexity index is 363. The quantitative estimate of drug-likeness (QED) is 0.898. The molecule has 94 valence electrons. The van der Waals surface area contributed by atoms with Gasteiger partial charge in [-0.05, 0) is 37.6 Å². The molecule has 3 heteroatoms. The summed E-state index contributed by atoms with van der Waals surface area (Å²) in [5, 5.41) is 3.37. The van der Waals surface area contributed by atoms with Crippen molar-refractivity contribution in [2.75, 3.05) is 19.6 Å². The zero-order valence-corrected chi connectivity index (χ0v) is 12.2. The maximum absolute atomic E-state index is 3.56. The first kappa shape index (κ1) is 13.1. The Kier molecular flexibility index (Phi) is 4.60. The van der Waals surface area contributed by atoms with E-state index in [9.17, 15) is 0 Å². The maximum atomic E-state index is 3.56. The maximum Gasteiger partial charge on any atom is 0.0351 e. The lowest BCUT2D eigenvalue weighted by Crippen LogP contribution is -2.57. The van der Waals surface area contributed by atoms with Crippen LogP contribution in [0.4, 0.5) is 0 Å². The number of hydrogen-bond acceptors (Lipinski definition) is 2. The second-order valence-corrected chi connectivity index (χ2v) is 5.70. The Morgan fingerprint density at radius 2 is 2.24 bits per heavy atom. The van der Waals surface area contributed by atoms with Gasteiger partial charge in [0.05, 0.1) is 0 Å². The van der Waals surface area contributed by atoms with Gasteiger partial charge in [0.1, 0.15) is 0 Å². The molecule has 1 atom stereocenters. The third-order valence-corrected chi connectivity index (χ3v) is 4.03. The van der Waals surface area contributed by atoms with E-state index in [0.29, 0.717) is 12.1 Å². The van der Waals surface area contributed by atoms with Crippen LogP contribution in [-0.4, -0.2) is 30.6 Å². The molecule has 1 aliphatic heterocycles. The van der Waals surface area contributed by atoms with Gasteiger partial charge in [0, 0.05) is 29.6 Å². The van der Waals surface area contributed by atoms with E-state index in [1.807, 2.05) is 0 Å². The molecule has 0 spiro atoms. The Morgan fingerprint density at radius 3 is 2.76 bits per heavy atom. The van der Waals surface area contributed by atoms with Crippen LogP contribution in [0.15, 0.2) is 28.7 Å². The summed E-state index contributed by atoms with van der Waals surface area (Å²) in [6.07, 6.45) is 1.22. The third kappa shape index (κ3) is 3.09. The van der Waals surface area contributed by atoms with Crippen molar-refractivity contribution in [1.29, 1.82) is 0 Å². The van der Waals surface area contributed by atoms with E-state index in [1.165, 1.54) is 23.0 Å². The minimum Gasteiger partial charge on any atom is -0.314 e. The van der Waals surface area contributed by atoms with Crippen LogP contribution in [0.25, 0.3) is 0 Å². The van der Waals surface area contributed by atoms with Gasteiger partial charge < -0.3 is 5.32 Å². The van der Waals surface area contributed by atoms with E-state index in [1.54, 1.807) is 0 Å². The molecule has 1 aliphatic rings. The number of halogens is 1. The molecule has 2 nitrogen and oxygen atoms in total. The molecule has 1 saturated heterocycles. The van der Waals surface area contributed by atoms with E-state index in [-0.39, 0.29) is 0 Å². The van der Waals surface area contributed by atoms with Crippen molar-refractivity contribution >= 4 is 15.9 Å². The Labute approximate surface area is 113 Å². The fourth-order valence-corrected chi connectivity index (χ4v) is 2.83. The second kappa shape index (κ2) is 5.98. The lowest BCUT2D eigenvalue weighted by Gasteiger charge is -2.42. The molecule has 1 fully saturated rings. The van der Waals surface area contributed by atoms with Crippen LogP contribution in [0.1, 0.15) is 31.9 Å². The molecule has 0 aromatic heterocycles. The van der Waals surface area contributed by atoms with Crippen LogP contribution >= 0.6 is 15.9 Å². The average molecular weight is 297 g/mol. The van der Waals surface area contributed by atoms with Gasteiger partial charge in [-0.25, -0.2) is 0 Å². The highest BCUT2D eigenvalue weighted by atomic mass is 79.9. The summed E-state index contributed by atoms with van der Waals surface area (Å²) in [6.45, 7) is 8.03. The fraction of sp³-hybridized carbons (Fsp3) is 0.571. The lowest BCUT2D eigenvalue weighted by molar-refractivity contribution is 0.103. The summed E-state index contributed by atoms with van der Waals surface area (Å²) in [5.74, 6) is 0. The SMILES string of the molecule is CCCN(C1CNC1)C(C)c1cccc(Br)c1. The molecule has 1 heterocycles. The monoisotopic (exact) mass is 296 g/mol. The van der Waals surface area contributed by atoms with Gasteiger partial charge in [0.2, 0.25) is 0 Å². The summed E-state index contributed by atoms with van der Waals surface area (Å²) in [6, 6.07) is 9.89. The molecule has 0 radical (unpaired) electrons. The average Bonchev–Trinajstić information content (AvgIpc) is 2.25. The summed E-state index contributed by atoms with van der Waals surface area (Å²) in [7, 11) is 0. The number of nitrogens with one attached hydrogen (secondary N) is 1. The van der Waals surface area contributed by atoms with E-state index >= 15 is 0 Å². The summed E-state index contributed by atoms with van der Waals surface area (Å²) < 4.78 is 1.17. The van der Waals surface area contributed by atoms with Crippen molar-refractivity contribution in [3.8, 4) is 0 Å². The Morgan fingerprint density at radius 1 is 1.47 bits per heavy atom. The van der Waals surface area contributed by atoms with Gasteiger partial charge in [-0.3, -0.25) is 4.90 Å². The first-order chi connectivity index (χ1) is 8.22. The fourth-order valence-electron chi connectivity index (χ4n) is 2.42. The van der Waals surface area contributed by atoms with E-state index in [4.69, 9.17) is 0 Å². The van der Waals surface area contributed by atoms with Crippen molar-refractivity contribution in [3.63, 3.8) is 0 Å². The molecular weight excluding hydrogens is 276 g/mol. The standard InChI is InChI=1S/C14H21BrN2/c1-3-7-17(14-9-16-10-14)11(2)12-5-4-6-13(15)8-12/h4-6,8,11,14,16H,3,7,9-10H2,1-2H3. The topological polar surface area (TPSA) is 15.3 Å². The van der Waals surface area contributed by atoms with Gasteiger partial charge in [-0.2, -0.15) is 0 Å². The van der Waals surface area contributed by atoms with E-state index in [2.05, 4.69) is 64.3 Å². The van der Waals surface area contributed by atoms with Crippen LogP contribution in [0, 0.1) is 0 Å². The highest BCUT2D eigenvalue weighted by molar-refractivity contribution is 9.10. The van der Waals surface area contributed by atoms with Gasteiger partial charge in [0.15, 0.2) is 0 Å². The number of rotatable bonds is 5. The van der Waals surface area contributed by atoms with Crippen LogP contribution in [-0.2, 0) is 0 Å². The van der Waals surface area contributed by atoms with Crippen molar-refractivity contribution in [2.45, 2.75) is 32.4 Å². The smallest absolute Gasteiger partial charge is 0.0351 e.